The van der Waals surface area contributed by atoms with Crippen LogP contribution in [0.2, 0.25) is 0 Å². The van der Waals surface area contributed by atoms with Gasteiger partial charge in [-0.05, 0) is 36.5 Å². The van der Waals surface area contributed by atoms with Crippen LogP contribution in [0.1, 0.15) is 50.7 Å². The standard InChI is InChI=1S/C24H27N5/c1-15(2)17-5-7-18(8-6-17)22-19(11-25)23(28)24(13-26,14-27)21-9-10-29(16(3)4)12-20(21)22/h5-9,15-16,19-20,22,28H,10,12H2,1-4H3/t19?,20-,22-/m1/s1. The van der Waals surface area contributed by atoms with Crippen molar-refractivity contribution in [2.24, 2.45) is 17.3 Å². The summed E-state index contributed by atoms with van der Waals surface area (Å²) >= 11 is 0. The molecule has 1 fully saturated rings. The normalized spacial score (nSPS) is 26.2. The Bertz CT molecular complexity index is 935. The van der Waals surface area contributed by atoms with Gasteiger partial charge in [-0.1, -0.05) is 44.2 Å². The highest BCUT2D eigenvalue weighted by Crippen LogP contribution is 2.52. The molecule has 1 unspecified atom stereocenters. The molecule has 0 amide bonds. The number of nitriles is 3. The number of fused-ring (bicyclic) bond motifs is 1. The zero-order valence-corrected chi connectivity index (χ0v) is 17.5. The molecule has 1 N–H and O–H groups in total. The molecule has 1 saturated carbocycles. The van der Waals surface area contributed by atoms with Gasteiger partial charge in [0.2, 0.25) is 5.41 Å². The summed E-state index contributed by atoms with van der Waals surface area (Å²) in [6, 6.07) is 15.0. The lowest BCUT2D eigenvalue weighted by molar-refractivity contribution is 0.175. The summed E-state index contributed by atoms with van der Waals surface area (Å²) < 4.78 is 0. The lowest BCUT2D eigenvalue weighted by Gasteiger charge is -2.48. The first kappa shape index (κ1) is 20.8. The molecular formula is C24H27N5. The van der Waals surface area contributed by atoms with E-state index in [9.17, 15) is 15.8 Å². The summed E-state index contributed by atoms with van der Waals surface area (Å²) in [5.41, 5.74) is 1.20. The van der Waals surface area contributed by atoms with Crippen LogP contribution in [0.3, 0.4) is 0 Å². The van der Waals surface area contributed by atoms with Crippen LogP contribution in [-0.4, -0.2) is 29.7 Å². The molecule has 5 heteroatoms. The van der Waals surface area contributed by atoms with Gasteiger partial charge in [0.15, 0.2) is 0 Å². The number of nitrogens with zero attached hydrogens (tertiary/aromatic N) is 4. The summed E-state index contributed by atoms with van der Waals surface area (Å²) in [4.78, 5) is 2.30. The Morgan fingerprint density at radius 3 is 2.17 bits per heavy atom. The Morgan fingerprint density at radius 1 is 1.07 bits per heavy atom. The average Bonchev–Trinajstić information content (AvgIpc) is 2.73. The second-order valence-corrected chi connectivity index (χ2v) is 8.65. The SMILES string of the molecule is CC(C)c1ccc([C@@H]2C(C#N)C(=N)C(C#N)(C#N)C3=CCN(C(C)C)C[C@H]32)cc1. The largest absolute Gasteiger partial charge is 0.305 e. The minimum absolute atomic E-state index is 0.0802. The fraction of sp³-hybridized carbons (Fsp3) is 0.500. The topological polar surface area (TPSA) is 98.5 Å². The highest BCUT2D eigenvalue weighted by Gasteiger charge is 2.56. The zero-order chi connectivity index (χ0) is 21.3. The van der Waals surface area contributed by atoms with E-state index < -0.39 is 11.3 Å². The quantitative estimate of drug-likeness (QED) is 0.781. The van der Waals surface area contributed by atoms with Crippen molar-refractivity contribution in [1.29, 1.82) is 21.2 Å². The predicted octanol–water partition coefficient (Wildman–Crippen LogP) is 4.37. The third-order valence-corrected chi connectivity index (χ3v) is 6.51. The van der Waals surface area contributed by atoms with Crippen LogP contribution < -0.4 is 0 Å². The summed E-state index contributed by atoms with van der Waals surface area (Å²) in [6.07, 6.45) is 1.96. The average molecular weight is 386 g/mol. The Hall–Kier alpha value is -2.94. The van der Waals surface area contributed by atoms with Crippen molar-refractivity contribution in [3.05, 3.63) is 47.0 Å². The third kappa shape index (κ3) is 3.25. The van der Waals surface area contributed by atoms with E-state index in [-0.39, 0.29) is 17.5 Å². The van der Waals surface area contributed by atoms with E-state index in [4.69, 9.17) is 5.41 Å². The molecule has 3 rings (SSSR count). The second-order valence-electron chi connectivity index (χ2n) is 8.65. The van der Waals surface area contributed by atoms with Crippen molar-refractivity contribution in [2.45, 2.75) is 45.6 Å². The first-order valence-electron chi connectivity index (χ1n) is 10.2. The van der Waals surface area contributed by atoms with Crippen LogP contribution in [0.5, 0.6) is 0 Å². The molecule has 29 heavy (non-hydrogen) atoms. The van der Waals surface area contributed by atoms with Gasteiger partial charge in [-0.2, -0.15) is 15.8 Å². The van der Waals surface area contributed by atoms with Gasteiger partial charge in [-0.25, -0.2) is 0 Å². The molecule has 2 aliphatic rings. The summed E-state index contributed by atoms with van der Waals surface area (Å²) in [5, 5.41) is 38.5. The van der Waals surface area contributed by atoms with Gasteiger partial charge in [0.05, 0.1) is 29.8 Å². The molecule has 1 aromatic carbocycles. The Morgan fingerprint density at radius 2 is 1.69 bits per heavy atom. The Labute approximate surface area is 173 Å². The van der Waals surface area contributed by atoms with Crippen molar-refractivity contribution >= 4 is 5.71 Å². The van der Waals surface area contributed by atoms with E-state index >= 15 is 0 Å². The minimum atomic E-state index is -1.64. The number of hydrogen-bond acceptors (Lipinski definition) is 5. The molecule has 0 aromatic heterocycles. The molecule has 148 valence electrons. The fourth-order valence-corrected chi connectivity index (χ4v) is 4.70. The number of nitrogens with one attached hydrogen (secondary N) is 1. The van der Waals surface area contributed by atoms with Crippen LogP contribution >= 0.6 is 0 Å². The molecule has 5 nitrogen and oxygen atoms in total. The van der Waals surface area contributed by atoms with E-state index in [0.29, 0.717) is 30.6 Å². The summed E-state index contributed by atoms with van der Waals surface area (Å²) in [7, 11) is 0. The lowest BCUT2D eigenvalue weighted by atomic mass is 9.55. The van der Waals surface area contributed by atoms with E-state index in [1.54, 1.807) is 0 Å². The number of rotatable bonds is 3. The molecule has 0 bridgehead atoms. The summed E-state index contributed by atoms with van der Waals surface area (Å²) in [6.45, 7) is 9.86. The van der Waals surface area contributed by atoms with Crippen LogP contribution in [0.25, 0.3) is 0 Å². The molecule has 0 saturated heterocycles. The zero-order valence-electron chi connectivity index (χ0n) is 17.5. The first-order valence-corrected chi connectivity index (χ1v) is 10.2. The van der Waals surface area contributed by atoms with Crippen molar-refractivity contribution in [2.75, 3.05) is 13.1 Å². The maximum absolute atomic E-state index is 9.98. The van der Waals surface area contributed by atoms with Crippen molar-refractivity contribution in [1.82, 2.24) is 4.90 Å². The van der Waals surface area contributed by atoms with Crippen LogP contribution in [0.4, 0.5) is 0 Å². The molecule has 1 aliphatic heterocycles. The molecule has 1 aromatic rings. The lowest BCUT2D eigenvalue weighted by Crippen LogP contribution is -2.53. The smallest absolute Gasteiger partial charge is 0.203 e. The number of hydrogen-bond donors (Lipinski definition) is 1. The highest BCUT2D eigenvalue weighted by molar-refractivity contribution is 6.01. The molecule has 3 atom stereocenters. The van der Waals surface area contributed by atoms with Crippen LogP contribution in [0.15, 0.2) is 35.9 Å². The number of benzene rings is 1. The van der Waals surface area contributed by atoms with E-state index in [1.165, 1.54) is 5.56 Å². The van der Waals surface area contributed by atoms with Gasteiger partial charge in [0.1, 0.15) is 0 Å². The van der Waals surface area contributed by atoms with E-state index in [0.717, 1.165) is 5.56 Å². The van der Waals surface area contributed by atoms with Crippen LogP contribution in [0, 0.1) is 56.7 Å². The second kappa shape index (κ2) is 7.82. The van der Waals surface area contributed by atoms with E-state index in [2.05, 4.69) is 75.1 Å². The van der Waals surface area contributed by atoms with Crippen LogP contribution in [-0.2, 0) is 0 Å². The molecule has 1 heterocycles. The Balaban J connectivity index is 2.17. The van der Waals surface area contributed by atoms with Crippen molar-refractivity contribution in [3.63, 3.8) is 0 Å². The fourth-order valence-electron chi connectivity index (χ4n) is 4.70. The van der Waals surface area contributed by atoms with Gasteiger partial charge in [0, 0.05) is 31.0 Å². The van der Waals surface area contributed by atoms with Gasteiger partial charge in [0.25, 0.3) is 0 Å². The van der Waals surface area contributed by atoms with Gasteiger partial charge in [-0.15, -0.1) is 0 Å². The maximum Gasteiger partial charge on any atom is 0.203 e. The first-order chi connectivity index (χ1) is 13.8. The maximum atomic E-state index is 9.98. The Kier molecular flexibility index (Phi) is 5.61. The molecule has 0 spiro atoms. The predicted molar refractivity (Wildman–Crippen MR) is 112 cm³/mol. The molecule has 0 radical (unpaired) electrons. The highest BCUT2D eigenvalue weighted by atomic mass is 15.2. The van der Waals surface area contributed by atoms with E-state index in [1.807, 2.05) is 6.08 Å². The monoisotopic (exact) mass is 385 g/mol. The molecule has 1 aliphatic carbocycles. The minimum Gasteiger partial charge on any atom is -0.305 e. The van der Waals surface area contributed by atoms with Gasteiger partial charge in [-0.3, -0.25) is 4.90 Å². The van der Waals surface area contributed by atoms with Crippen molar-refractivity contribution in [3.8, 4) is 18.2 Å². The van der Waals surface area contributed by atoms with Crippen molar-refractivity contribution < 1.29 is 0 Å². The third-order valence-electron chi connectivity index (χ3n) is 6.51. The van der Waals surface area contributed by atoms with Gasteiger partial charge < -0.3 is 5.41 Å². The van der Waals surface area contributed by atoms with Gasteiger partial charge >= 0.3 is 0 Å². The molecular weight excluding hydrogens is 358 g/mol. The summed E-state index contributed by atoms with van der Waals surface area (Å²) in [5.74, 6) is -0.772.